The quantitative estimate of drug-likeness (QED) is 0.369. The standard InChI is InChI=1S/C23H25N3O4S2/c1-14(2)29-22(28)20-16-10-6-7-11-17(16)32-21(20)24-18(27)13-31-23-26-25-19(30-23)12-15-8-4-3-5-9-15/h3-5,8-9,14H,6-7,10-13H2,1-2H3,(H,24,27). The molecule has 1 aliphatic carbocycles. The first-order chi connectivity index (χ1) is 15.5. The second-order valence-electron chi connectivity index (χ2n) is 7.83. The van der Waals surface area contributed by atoms with Gasteiger partial charge in [-0.1, -0.05) is 42.1 Å². The zero-order valence-electron chi connectivity index (χ0n) is 18.1. The summed E-state index contributed by atoms with van der Waals surface area (Å²) in [5.74, 6) is 0.0114. The zero-order chi connectivity index (χ0) is 22.5. The first kappa shape index (κ1) is 22.5. The van der Waals surface area contributed by atoms with Crippen molar-refractivity contribution in [2.75, 3.05) is 11.1 Å². The monoisotopic (exact) mass is 471 g/mol. The van der Waals surface area contributed by atoms with Crippen LogP contribution in [0.25, 0.3) is 0 Å². The van der Waals surface area contributed by atoms with Crippen molar-refractivity contribution in [1.29, 1.82) is 0 Å². The van der Waals surface area contributed by atoms with Gasteiger partial charge in [0, 0.05) is 4.88 Å². The van der Waals surface area contributed by atoms with E-state index in [-0.39, 0.29) is 23.7 Å². The first-order valence-electron chi connectivity index (χ1n) is 10.6. The number of thioether (sulfide) groups is 1. The molecule has 2 heterocycles. The summed E-state index contributed by atoms with van der Waals surface area (Å²) in [7, 11) is 0. The third-order valence-corrected chi connectivity index (χ3v) is 6.97. The molecule has 168 valence electrons. The molecule has 4 rings (SSSR count). The molecule has 0 saturated carbocycles. The van der Waals surface area contributed by atoms with Crippen molar-refractivity contribution in [3.05, 3.63) is 57.8 Å². The van der Waals surface area contributed by atoms with Gasteiger partial charge in [0.15, 0.2) is 0 Å². The first-order valence-corrected chi connectivity index (χ1v) is 12.4. The van der Waals surface area contributed by atoms with E-state index in [1.807, 2.05) is 44.2 Å². The van der Waals surface area contributed by atoms with Gasteiger partial charge in [0.05, 0.1) is 23.8 Å². The predicted octanol–water partition coefficient (Wildman–Crippen LogP) is 4.90. The maximum Gasteiger partial charge on any atom is 0.341 e. The maximum absolute atomic E-state index is 12.7. The van der Waals surface area contributed by atoms with Crippen LogP contribution in [-0.4, -0.2) is 33.9 Å². The maximum atomic E-state index is 12.7. The summed E-state index contributed by atoms with van der Waals surface area (Å²) in [5, 5.41) is 11.9. The van der Waals surface area contributed by atoms with Gasteiger partial charge < -0.3 is 14.5 Å². The number of nitrogens with zero attached hydrogens (tertiary/aromatic N) is 2. The molecule has 0 radical (unpaired) electrons. The van der Waals surface area contributed by atoms with Gasteiger partial charge in [0.2, 0.25) is 11.8 Å². The van der Waals surface area contributed by atoms with Crippen LogP contribution in [0.3, 0.4) is 0 Å². The van der Waals surface area contributed by atoms with Crippen LogP contribution in [0.5, 0.6) is 0 Å². The minimum absolute atomic E-state index is 0.105. The molecule has 1 amide bonds. The van der Waals surface area contributed by atoms with Crippen molar-refractivity contribution in [1.82, 2.24) is 10.2 Å². The average molecular weight is 472 g/mol. The number of aromatic nitrogens is 2. The Kier molecular flexibility index (Phi) is 7.26. The van der Waals surface area contributed by atoms with E-state index in [0.717, 1.165) is 41.7 Å². The van der Waals surface area contributed by atoms with E-state index < -0.39 is 0 Å². The summed E-state index contributed by atoms with van der Waals surface area (Å²) < 4.78 is 11.1. The Hall–Kier alpha value is -2.65. The molecule has 0 unspecified atom stereocenters. The molecule has 2 aromatic heterocycles. The number of nitrogens with one attached hydrogen (secondary N) is 1. The third-order valence-electron chi connectivity index (χ3n) is 4.94. The Balaban J connectivity index is 1.39. The number of fused-ring (bicyclic) bond motifs is 1. The summed E-state index contributed by atoms with van der Waals surface area (Å²) in [4.78, 5) is 26.5. The fraction of sp³-hybridized carbons (Fsp3) is 0.391. The highest BCUT2D eigenvalue weighted by Crippen LogP contribution is 2.39. The minimum atomic E-state index is -0.371. The number of carbonyl (C=O) groups is 2. The number of hydrogen-bond acceptors (Lipinski definition) is 8. The number of amides is 1. The Bertz CT molecular complexity index is 1090. The van der Waals surface area contributed by atoms with Crippen molar-refractivity contribution in [2.45, 2.75) is 57.3 Å². The van der Waals surface area contributed by atoms with Gasteiger partial charge in [0.25, 0.3) is 5.22 Å². The van der Waals surface area contributed by atoms with Crippen LogP contribution in [0.4, 0.5) is 5.00 Å². The fourth-order valence-electron chi connectivity index (χ4n) is 3.57. The Morgan fingerprint density at radius 1 is 1.19 bits per heavy atom. The highest BCUT2D eigenvalue weighted by atomic mass is 32.2. The van der Waals surface area contributed by atoms with Gasteiger partial charge in [0.1, 0.15) is 5.00 Å². The van der Waals surface area contributed by atoms with E-state index in [9.17, 15) is 9.59 Å². The minimum Gasteiger partial charge on any atom is -0.459 e. The van der Waals surface area contributed by atoms with Crippen LogP contribution in [0.1, 0.15) is 58.9 Å². The van der Waals surface area contributed by atoms with E-state index >= 15 is 0 Å². The van der Waals surface area contributed by atoms with Crippen LogP contribution in [0.15, 0.2) is 40.0 Å². The number of hydrogen-bond donors (Lipinski definition) is 1. The number of ether oxygens (including phenoxy) is 1. The van der Waals surface area contributed by atoms with Gasteiger partial charge in [-0.25, -0.2) is 4.79 Å². The zero-order valence-corrected chi connectivity index (χ0v) is 19.7. The summed E-state index contributed by atoms with van der Waals surface area (Å²) in [5.41, 5.74) is 2.62. The molecule has 1 N–H and O–H groups in total. The van der Waals surface area contributed by atoms with Gasteiger partial charge in [-0.05, 0) is 50.7 Å². The largest absolute Gasteiger partial charge is 0.459 e. The van der Waals surface area contributed by atoms with Gasteiger partial charge >= 0.3 is 5.97 Å². The molecular weight excluding hydrogens is 446 g/mol. The number of benzene rings is 1. The molecule has 32 heavy (non-hydrogen) atoms. The molecular formula is C23H25N3O4S2. The third kappa shape index (κ3) is 5.58. The number of carbonyl (C=O) groups excluding carboxylic acids is 2. The number of aryl methyl sites for hydroxylation is 1. The molecule has 1 aliphatic rings. The lowest BCUT2D eigenvalue weighted by Gasteiger charge is -2.14. The van der Waals surface area contributed by atoms with Crippen LogP contribution in [0.2, 0.25) is 0 Å². The Morgan fingerprint density at radius 3 is 2.75 bits per heavy atom. The van der Waals surface area contributed by atoms with E-state index in [0.29, 0.717) is 28.1 Å². The number of anilines is 1. The second-order valence-corrected chi connectivity index (χ2v) is 9.86. The topological polar surface area (TPSA) is 94.3 Å². The van der Waals surface area contributed by atoms with Crippen molar-refractivity contribution >= 4 is 40.0 Å². The van der Waals surface area contributed by atoms with Gasteiger partial charge in [-0.2, -0.15) is 0 Å². The molecule has 7 nitrogen and oxygen atoms in total. The lowest BCUT2D eigenvalue weighted by atomic mass is 9.95. The smallest absolute Gasteiger partial charge is 0.341 e. The normalized spacial score (nSPS) is 13.1. The average Bonchev–Trinajstić information content (AvgIpc) is 3.36. The van der Waals surface area contributed by atoms with E-state index in [4.69, 9.17) is 9.15 Å². The SMILES string of the molecule is CC(C)OC(=O)c1c(NC(=O)CSc2nnc(Cc3ccccc3)o2)sc2c1CCCC2. The van der Waals surface area contributed by atoms with Crippen LogP contribution < -0.4 is 5.32 Å². The summed E-state index contributed by atoms with van der Waals surface area (Å²) in [6.45, 7) is 3.64. The van der Waals surface area contributed by atoms with Gasteiger partial charge in [-0.15, -0.1) is 21.5 Å². The second kappa shape index (κ2) is 10.3. The van der Waals surface area contributed by atoms with E-state index in [1.54, 1.807) is 0 Å². The van der Waals surface area contributed by atoms with Gasteiger partial charge in [-0.3, -0.25) is 4.79 Å². The lowest BCUT2D eigenvalue weighted by molar-refractivity contribution is -0.113. The Morgan fingerprint density at radius 2 is 1.97 bits per heavy atom. The molecule has 9 heteroatoms. The number of esters is 1. The summed E-state index contributed by atoms with van der Waals surface area (Å²) >= 11 is 2.65. The van der Waals surface area contributed by atoms with Crippen molar-refractivity contribution in [3.8, 4) is 0 Å². The highest BCUT2D eigenvalue weighted by Gasteiger charge is 2.28. The number of thiophene rings is 1. The van der Waals surface area contributed by atoms with Crippen LogP contribution >= 0.6 is 23.1 Å². The molecule has 3 aromatic rings. The Labute approximate surface area is 195 Å². The van der Waals surface area contributed by atoms with Crippen molar-refractivity contribution < 1.29 is 18.7 Å². The fourth-order valence-corrected chi connectivity index (χ4v) is 5.45. The molecule has 0 aliphatic heterocycles. The number of rotatable bonds is 8. The predicted molar refractivity (Wildman–Crippen MR) is 124 cm³/mol. The van der Waals surface area contributed by atoms with Crippen molar-refractivity contribution in [2.24, 2.45) is 0 Å². The lowest BCUT2D eigenvalue weighted by Crippen LogP contribution is -2.18. The molecule has 0 atom stereocenters. The molecule has 0 spiro atoms. The molecule has 1 aromatic carbocycles. The highest BCUT2D eigenvalue weighted by molar-refractivity contribution is 7.99. The van der Waals surface area contributed by atoms with E-state index in [1.165, 1.54) is 23.1 Å². The van der Waals surface area contributed by atoms with Crippen LogP contribution in [-0.2, 0) is 28.8 Å². The molecule has 0 saturated heterocycles. The molecule has 0 fully saturated rings. The molecule has 0 bridgehead atoms. The van der Waals surface area contributed by atoms with Crippen LogP contribution in [0, 0.1) is 0 Å². The summed E-state index contributed by atoms with van der Waals surface area (Å²) in [6.07, 6.45) is 4.23. The van der Waals surface area contributed by atoms with E-state index in [2.05, 4.69) is 15.5 Å². The summed E-state index contributed by atoms with van der Waals surface area (Å²) in [6, 6.07) is 9.85. The van der Waals surface area contributed by atoms with Crippen molar-refractivity contribution in [3.63, 3.8) is 0 Å².